The minimum absolute atomic E-state index is 0.0384. The average molecular weight is 326 g/mol. The lowest BCUT2D eigenvalue weighted by atomic mass is 10.0. The number of ether oxygens (including phenoxy) is 2. The van der Waals surface area contributed by atoms with E-state index in [2.05, 4.69) is 0 Å². The molecule has 0 saturated carbocycles. The Morgan fingerprint density at radius 2 is 1.75 bits per heavy atom. The second-order valence-electron chi connectivity index (χ2n) is 5.93. The Hall–Kier alpha value is -2.62. The molecule has 0 aliphatic rings. The van der Waals surface area contributed by atoms with E-state index in [1.54, 1.807) is 24.3 Å². The van der Waals surface area contributed by atoms with Crippen LogP contribution in [0.5, 0.6) is 11.5 Å². The Morgan fingerprint density at radius 3 is 2.38 bits per heavy atom. The van der Waals surface area contributed by atoms with E-state index in [4.69, 9.17) is 9.47 Å². The van der Waals surface area contributed by atoms with Crippen molar-refractivity contribution in [3.63, 3.8) is 0 Å². The van der Waals surface area contributed by atoms with Gasteiger partial charge in [-0.25, -0.2) is 0 Å². The van der Waals surface area contributed by atoms with Crippen molar-refractivity contribution in [1.82, 2.24) is 0 Å². The van der Waals surface area contributed by atoms with Crippen LogP contribution in [0.15, 0.2) is 42.5 Å². The van der Waals surface area contributed by atoms with Gasteiger partial charge in [-0.1, -0.05) is 32.0 Å². The summed E-state index contributed by atoms with van der Waals surface area (Å²) >= 11 is 0. The molecule has 0 fully saturated rings. The molecule has 24 heavy (non-hydrogen) atoms. The molecule has 2 rings (SSSR count). The number of hydrogen-bond donors (Lipinski definition) is 0. The summed E-state index contributed by atoms with van der Waals surface area (Å²) < 4.78 is 10.8. The van der Waals surface area contributed by atoms with E-state index < -0.39 is 0 Å². The van der Waals surface area contributed by atoms with Gasteiger partial charge < -0.3 is 9.47 Å². The van der Waals surface area contributed by atoms with E-state index in [0.717, 1.165) is 5.56 Å². The lowest BCUT2D eigenvalue weighted by molar-refractivity contribution is -0.133. The van der Waals surface area contributed by atoms with Gasteiger partial charge in [-0.2, -0.15) is 0 Å². The van der Waals surface area contributed by atoms with Crippen molar-refractivity contribution >= 4 is 11.8 Å². The molecule has 0 aliphatic carbocycles. The number of rotatable bonds is 6. The van der Waals surface area contributed by atoms with Crippen LogP contribution in [0.25, 0.3) is 0 Å². The maximum Gasteiger partial charge on any atom is 0.315 e. The molecule has 0 saturated heterocycles. The summed E-state index contributed by atoms with van der Waals surface area (Å²) in [5, 5.41) is 0. The lowest BCUT2D eigenvalue weighted by Crippen LogP contribution is -2.13. The third-order valence-corrected chi connectivity index (χ3v) is 3.79. The van der Waals surface area contributed by atoms with Crippen molar-refractivity contribution in [3.8, 4) is 11.5 Å². The van der Waals surface area contributed by atoms with Crippen LogP contribution < -0.4 is 9.47 Å². The zero-order valence-electron chi connectivity index (χ0n) is 14.5. The molecule has 2 aromatic carbocycles. The Kier molecular flexibility index (Phi) is 5.74. The van der Waals surface area contributed by atoms with Crippen molar-refractivity contribution in [3.05, 3.63) is 59.2 Å². The van der Waals surface area contributed by atoms with Gasteiger partial charge in [0.15, 0.2) is 5.78 Å². The summed E-state index contributed by atoms with van der Waals surface area (Å²) in [6.07, 6.45) is 0.0384. The smallest absolute Gasteiger partial charge is 0.315 e. The first-order valence-corrected chi connectivity index (χ1v) is 7.89. The number of Topliss-reactive ketones (excluding diaryl/α,β-unsaturated/α-hetero) is 1. The van der Waals surface area contributed by atoms with E-state index >= 15 is 0 Å². The van der Waals surface area contributed by atoms with Gasteiger partial charge in [0.25, 0.3) is 0 Å². The molecule has 0 radical (unpaired) electrons. The summed E-state index contributed by atoms with van der Waals surface area (Å²) in [6, 6.07) is 12.6. The molecule has 0 heterocycles. The van der Waals surface area contributed by atoms with Gasteiger partial charge in [-0.3, -0.25) is 9.59 Å². The maximum atomic E-state index is 12.3. The Morgan fingerprint density at radius 1 is 1.04 bits per heavy atom. The number of benzene rings is 2. The first kappa shape index (κ1) is 17.7. The van der Waals surface area contributed by atoms with Gasteiger partial charge in [-0.15, -0.1) is 0 Å². The van der Waals surface area contributed by atoms with E-state index in [0.29, 0.717) is 22.6 Å². The third-order valence-electron chi connectivity index (χ3n) is 3.79. The summed E-state index contributed by atoms with van der Waals surface area (Å²) in [6.45, 7) is 5.58. The fraction of sp³-hybridized carbons (Fsp3) is 0.300. The first-order chi connectivity index (χ1) is 11.4. The fourth-order valence-electron chi connectivity index (χ4n) is 2.50. The number of methoxy groups -OCH3 is 1. The first-order valence-electron chi connectivity index (χ1n) is 7.89. The SMILES string of the molecule is COc1ccc(C(C)=O)cc1CC(=O)Oc1ccccc1C(C)C. The molecule has 4 heteroatoms. The van der Waals surface area contributed by atoms with Crippen molar-refractivity contribution < 1.29 is 19.1 Å². The highest BCUT2D eigenvalue weighted by atomic mass is 16.5. The Labute approximate surface area is 142 Å². The molecule has 0 atom stereocenters. The number of carbonyl (C=O) groups is 2. The minimum Gasteiger partial charge on any atom is -0.496 e. The van der Waals surface area contributed by atoms with Crippen LogP contribution in [-0.4, -0.2) is 18.9 Å². The second kappa shape index (κ2) is 7.77. The highest BCUT2D eigenvalue weighted by Gasteiger charge is 2.15. The van der Waals surface area contributed by atoms with Crippen LogP contribution in [0.2, 0.25) is 0 Å². The van der Waals surface area contributed by atoms with E-state index in [1.165, 1.54) is 14.0 Å². The summed E-state index contributed by atoms with van der Waals surface area (Å²) in [7, 11) is 1.53. The van der Waals surface area contributed by atoms with Crippen LogP contribution >= 0.6 is 0 Å². The summed E-state index contributed by atoms with van der Waals surface area (Å²) in [5.41, 5.74) is 2.16. The van der Waals surface area contributed by atoms with Crippen LogP contribution in [0, 0.1) is 0 Å². The molecule has 0 aliphatic heterocycles. The molecule has 2 aromatic rings. The molecule has 0 unspecified atom stereocenters. The molecule has 0 aromatic heterocycles. The highest BCUT2D eigenvalue weighted by molar-refractivity contribution is 5.94. The standard InChI is InChI=1S/C20H22O4/c1-13(2)17-7-5-6-8-19(17)24-20(22)12-16-11-15(14(3)21)9-10-18(16)23-4/h5-11,13H,12H2,1-4H3. The van der Waals surface area contributed by atoms with E-state index in [-0.39, 0.29) is 24.1 Å². The quantitative estimate of drug-likeness (QED) is 0.454. The fourth-order valence-corrected chi connectivity index (χ4v) is 2.50. The average Bonchev–Trinajstić information content (AvgIpc) is 2.54. The molecular weight excluding hydrogens is 304 g/mol. The van der Waals surface area contributed by atoms with Crippen LogP contribution in [-0.2, 0) is 11.2 Å². The van der Waals surface area contributed by atoms with E-state index in [1.807, 2.05) is 32.0 Å². The third kappa shape index (κ3) is 4.22. The van der Waals surface area contributed by atoms with Crippen LogP contribution in [0.1, 0.15) is 48.2 Å². The van der Waals surface area contributed by atoms with Crippen molar-refractivity contribution in [2.75, 3.05) is 7.11 Å². The van der Waals surface area contributed by atoms with Gasteiger partial charge in [0, 0.05) is 11.1 Å². The molecule has 4 nitrogen and oxygen atoms in total. The van der Waals surface area contributed by atoms with Crippen molar-refractivity contribution in [2.24, 2.45) is 0 Å². The van der Waals surface area contributed by atoms with Gasteiger partial charge in [-0.05, 0) is 42.7 Å². The second-order valence-corrected chi connectivity index (χ2v) is 5.93. The molecule has 126 valence electrons. The summed E-state index contributed by atoms with van der Waals surface area (Å²) in [4.78, 5) is 23.9. The zero-order valence-corrected chi connectivity index (χ0v) is 14.5. The van der Waals surface area contributed by atoms with Gasteiger partial charge >= 0.3 is 5.97 Å². The van der Waals surface area contributed by atoms with Gasteiger partial charge in [0.05, 0.1) is 13.5 Å². The molecule has 0 N–H and O–H groups in total. The maximum absolute atomic E-state index is 12.3. The monoisotopic (exact) mass is 326 g/mol. The van der Waals surface area contributed by atoms with Crippen LogP contribution in [0.4, 0.5) is 0 Å². The Bertz CT molecular complexity index is 747. The zero-order chi connectivity index (χ0) is 17.7. The summed E-state index contributed by atoms with van der Waals surface area (Å²) in [5.74, 6) is 0.942. The molecule has 0 amide bonds. The normalized spacial score (nSPS) is 10.5. The number of esters is 1. The highest BCUT2D eigenvalue weighted by Crippen LogP contribution is 2.27. The molecule has 0 bridgehead atoms. The van der Waals surface area contributed by atoms with Gasteiger partial charge in [0.2, 0.25) is 0 Å². The molecular formula is C20H22O4. The minimum atomic E-state index is -0.387. The largest absolute Gasteiger partial charge is 0.496 e. The van der Waals surface area contributed by atoms with E-state index in [9.17, 15) is 9.59 Å². The number of carbonyl (C=O) groups excluding carboxylic acids is 2. The Balaban J connectivity index is 2.21. The van der Waals surface area contributed by atoms with Gasteiger partial charge in [0.1, 0.15) is 11.5 Å². The predicted molar refractivity (Wildman–Crippen MR) is 92.9 cm³/mol. The predicted octanol–water partition coefficient (Wildman–Crippen LogP) is 4.17. The number of ketones is 1. The lowest BCUT2D eigenvalue weighted by Gasteiger charge is -2.13. The van der Waals surface area contributed by atoms with Crippen molar-refractivity contribution in [1.29, 1.82) is 0 Å². The molecule has 0 spiro atoms. The number of para-hydroxylation sites is 1. The topological polar surface area (TPSA) is 52.6 Å². The van der Waals surface area contributed by atoms with Crippen LogP contribution in [0.3, 0.4) is 0 Å². The number of hydrogen-bond acceptors (Lipinski definition) is 4. The van der Waals surface area contributed by atoms with Crippen molar-refractivity contribution in [2.45, 2.75) is 33.1 Å².